The minimum absolute atomic E-state index is 0.00837. The molecular weight excluding hydrogens is 342 g/mol. The summed E-state index contributed by atoms with van der Waals surface area (Å²) in [5, 5.41) is 8.29. The molecule has 0 aliphatic carbocycles. The molecule has 2 aromatic carbocycles. The van der Waals surface area contributed by atoms with Crippen LogP contribution in [0.4, 0.5) is 0 Å². The molecule has 1 heterocycles. The van der Waals surface area contributed by atoms with Crippen molar-refractivity contribution in [3.8, 4) is 17.2 Å². The average molecular weight is 363 g/mol. The normalized spacial score (nSPS) is 10.9. The number of rotatable bonds is 7. The molecule has 0 aliphatic heterocycles. The first kappa shape index (κ1) is 18.4. The van der Waals surface area contributed by atoms with Gasteiger partial charge in [-0.15, -0.1) is 5.10 Å². The van der Waals surface area contributed by atoms with Gasteiger partial charge in [0.2, 0.25) is 0 Å². The summed E-state index contributed by atoms with van der Waals surface area (Å²) in [7, 11) is 1.58. The molecule has 3 aromatic rings. The second-order valence-corrected chi connectivity index (χ2v) is 6.13. The summed E-state index contributed by atoms with van der Waals surface area (Å²) in [6.07, 6.45) is 5.08. The van der Waals surface area contributed by atoms with Crippen LogP contribution in [-0.2, 0) is 11.4 Å². The third kappa shape index (κ3) is 4.82. The maximum Gasteiger partial charge on any atom is 0.161 e. The Labute approximate surface area is 158 Å². The molecule has 0 saturated heterocycles. The van der Waals surface area contributed by atoms with Crippen molar-refractivity contribution in [3.63, 3.8) is 0 Å². The number of ether oxygens (including phenoxy) is 2. The Bertz CT molecular complexity index is 959. The van der Waals surface area contributed by atoms with E-state index in [1.807, 2.05) is 55.6 Å². The fraction of sp³-hybridized carbons (Fsp3) is 0.190. The number of hydrogen-bond acceptors (Lipinski definition) is 5. The molecule has 0 unspecified atom stereocenters. The molecule has 6 nitrogen and oxygen atoms in total. The SMILES string of the molecule is COc1cc(/C=C/C(C)=O)ccc1OCc1cn(-c2ccc(C)cc2)nn1. The number of nitrogens with zero attached hydrogens (tertiary/aromatic N) is 3. The first-order chi connectivity index (χ1) is 13.0. The summed E-state index contributed by atoms with van der Waals surface area (Å²) in [5.41, 5.74) is 3.70. The van der Waals surface area contributed by atoms with Crippen LogP contribution in [0.2, 0.25) is 0 Å². The lowest BCUT2D eigenvalue weighted by Crippen LogP contribution is -1.98. The molecule has 3 rings (SSSR count). The first-order valence-corrected chi connectivity index (χ1v) is 8.53. The average Bonchev–Trinajstić information content (AvgIpc) is 3.14. The highest BCUT2D eigenvalue weighted by Crippen LogP contribution is 2.29. The van der Waals surface area contributed by atoms with Gasteiger partial charge in [-0.2, -0.15) is 0 Å². The van der Waals surface area contributed by atoms with Gasteiger partial charge in [0.05, 0.1) is 19.0 Å². The standard InChI is InChI=1S/C21H21N3O3/c1-15-4-9-19(10-5-15)24-13-18(22-23-24)14-27-20-11-8-17(7-6-16(2)25)12-21(20)26-3/h4-13H,14H2,1-3H3/b7-6+. The van der Waals surface area contributed by atoms with Crippen molar-refractivity contribution in [1.82, 2.24) is 15.0 Å². The van der Waals surface area contributed by atoms with E-state index in [9.17, 15) is 4.79 Å². The van der Waals surface area contributed by atoms with Crippen LogP contribution < -0.4 is 9.47 Å². The van der Waals surface area contributed by atoms with Gasteiger partial charge in [-0.1, -0.05) is 35.1 Å². The quantitative estimate of drug-likeness (QED) is 0.598. The topological polar surface area (TPSA) is 66.2 Å². The largest absolute Gasteiger partial charge is 0.493 e. The molecule has 6 heteroatoms. The minimum atomic E-state index is -0.00837. The number of allylic oxidation sites excluding steroid dienone is 1. The molecule has 0 bridgehead atoms. The van der Waals surface area contributed by atoms with Crippen molar-refractivity contribution in [2.75, 3.05) is 7.11 Å². The van der Waals surface area contributed by atoms with E-state index in [2.05, 4.69) is 10.3 Å². The van der Waals surface area contributed by atoms with Crippen LogP contribution in [0.1, 0.15) is 23.7 Å². The molecule has 1 aromatic heterocycles. The Morgan fingerprint density at radius 2 is 1.93 bits per heavy atom. The second-order valence-electron chi connectivity index (χ2n) is 6.13. The van der Waals surface area contributed by atoms with Crippen LogP contribution in [-0.4, -0.2) is 27.9 Å². The Hall–Kier alpha value is -3.41. The highest BCUT2D eigenvalue weighted by molar-refractivity contribution is 5.91. The zero-order chi connectivity index (χ0) is 19.2. The number of methoxy groups -OCH3 is 1. The second kappa shape index (κ2) is 8.31. The van der Waals surface area contributed by atoms with Crippen molar-refractivity contribution in [3.05, 3.63) is 71.6 Å². The zero-order valence-electron chi connectivity index (χ0n) is 15.5. The molecule has 0 radical (unpaired) electrons. The predicted molar refractivity (Wildman–Crippen MR) is 103 cm³/mol. The van der Waals surface area contributed by atoms with Crippen molar-refractivity contribution in [2.45, 2.75) is 20.5 Å². The van der Waals surface area contributed by atoms with Gasteiger partial charge in [-0.25, -0.2) is 4.68 Å². The van der Waals surface area contributed by atoms with Gasteiger partial charge < -0.3 is 9.47 Å². The predicted octanol–water partition coefficient (Wildman–Crippen LogP) is 3.77. The van der Waals surface area contributed by atoms with E-state index in [0.717, 1.165) is 11.3 Å². The zero-order valence-corrected chi connectivity index (χ0v) is 15.5. The Kier molecular flexibility index (Phi) is 5.66. The summed E-state index contributed by atoms with van der Waals surface area (Å²) in [6.45, 7) is 3.82. The first-order valence-electron chi connectivity index (χ1n) is 8.53. The van der Waals surface area contributed by atoms with Gasteiger partial charge in [-0.05, 0) is 49.8 Å². The van der Waals surface area contributed by atoms with E-state index in [4.69, 9.17) is 9.47 Å². The molecule has 0 atom stereocenters. The lowest BCUT2D eigenvalue weighted by Gasteiger charge is -2.10. The molecule has 0 spiro atoms. The Morgan fingerprint density at radius 1 is 1.15 bits per heavy atom. The highest BCUT2D eigenvalue weighted by Gasteiger charge is 2.08. The van der Waals surface area contributed by atoms with Crippen LogP contribution in [0.15, 0.2) is 54.7 Å². The summed E-state index contributed by atoms with van der Waals surface area (Å²) in [4.78, 5) is 11.1. The van der Waals surface area contributed by atoms with Crippen molar-refractivity contribution < 1.29 is 14.3 Å². The lowest BCUT2D eigenvalue weighted by atomic mass is 10.1. The molecule has 0 fully saturated rings. The van der Waals surface area contributed by atoms with Crippen molar-refractivity contribution in [2.24, 2.45) is 0 Å². The molecule has 0 N–H and O–H groups in total. The van der Waals surface area contributed by atoms with Crippen LogP contribution in [0.5, 0.6) is 11.5 Å². The van der Waals surface area contributed by atoms with Crippen LogP contribution in [0, 0.1) is 6.92 Å². The Morgan fingerprint density at radius 3 is 2.63 bits per heavy atom. The number of aromatic nitrogens is 3. The van der Waals surface area contributed by atoms with E-state index in [1.54, 1.807) is 17.9 Å². The molecular formula is C21H21N3O3. The lowest BCUT2D eigenvalue weighted by molar-refractivity contribution is -0.112. The highest BCUT2D eigenvalue weighted by atomic mass is 16.5. The number of carbonyl (C=O) groups excluding carboxylic acids is 1. The molecule has 0 amide bonds. The fourth-order valence-corrected chi connectivity index (χ4v) is 2.46. The Balaban J connectivity index is 1.69. The number of hydrogen-bond donors (Lipinski definition) is 0. The van der Waals surface area contributed by atoms with Gasteiger partial charge >= 0.3 is 0 Å². The summed E-state index contributed by atoms with van der Waals surface area (Å²) >= 11 is 0. The van der Waals surface area contributed by atoms with E-state index < -0.39 is 0 Å². The van der Waals surface area contributed by atoms with Gasteiger partial charge in [0, 0.05) is 0 Å². The third-order valence-corrected chi connectivity index (χ3v) is 3.91. The molecule has 0 saturated carbocycles. The van der Waals surface area contributed by atoms with Crippen LogP contribution in [0.3, 0.4) is 0 Å². The smallest absolute Gasteiger partial charge is 0.161 e. The van der Waals surface area contributed by atoms with Gasteiger partial charge in [0.15, 0.2) is 17.3 Å². The van der Waals surface area contributed by atoms with E-state index in [0.29, 0.717) is 17.2 Å². The van der Waals surface area contributed by atoms with Crippen molar-refractivity contribution in [1.29, 1.82) is 0 Å². The fourth-order valence-electron chi connectivity index (χ4n) is 2.46. The number of aryl methyl sites for hydroxylation is 1. The summed E-state index contributed by atoms with van der Waals surface area (Å²) < 4.78 is 12.9. The minimum Gasteiger partial charge on any atom is -0.493 e. The van der Waals surface area contributed by atoms with Gasteiger partial charge in [0.25, 0.3) is 0 Å². The number of benzene rings is 2. The molecule has 27 heavy (non-hydrogen) atoms. The van der Waals surface area contributed by atoms with Gasteiger partial charge in [-0.3, -0.25) is 4.79 Å². The van der Waals surface area contributed by atoms with Crippen molar-refractivity contribution >= 4 is 11.9 Å². The van der Waals surface area contributed by atoms with Crippen LogP contribution in [0.25, 0.3) is 11.8 Å². The summed E-state index contributed by atoms with van der Waals surface area (Å²) in [5.74, 6) is 1.18. The van der Waals surface area contributed by atoms with Gasteiger partial charge in [0.1, 0.15) is 12.3 Å². The maximum atomic E-state index is 11.1. The van der Waals surface area contributed by atoms with E-state index in [-0.39, 0.29) is 12.4 Å². The summed E-state index contributed by atoms with van der Waals surface area (Å²) in [6, 6.07) is 13.5. The van der Waals surface area contributed by atoms with Crippen LogP contribution >= 0.6 is 0 Å². The molecule has 0 aliphatic rings. The number of carbonyl (C=O) groups is 1. The van der Waals surface area contributed by atoms with E-state index in [1.165, 1.54) is 18.6 Å². The maximum absolute atomic E-state index is 11.1. The van der Waals surface area contributed by atoms with E-state index >= 15 is 0 Å². The molecule has 138 valence electrons. The monoisotopic (exact) mass is 363 g/mol. The number of ketones is 1. The third-order valence-electron chi connectivity index (χ3n) is 3.91.